The smallest absolute Gasteiger partial charge is 0.327 e. The van der Waals surface area contributed by atoms with Crippen LogP contribution in [0.4, 0.5) is 0 Å². The summed E-state index contributed by atoms with van der Waals surface area (Å²) in [5.41, 5.74) is 7.92. The number of carbonyl (C=O) groups is 4. The van der Waals surface area contributed by atoms with Crippen LogP contribution in [0.3, 0.4) is 0 Å². The first kappa shape index (κ1) is 28.7. The lowest BCUT2D eigenvalue weighted by atomic mass is 10.0. The molecule has 0 saturated carbocycles. The number of amides is 3. The Morgan fingerprint density at radius 1 is 0.842 bits per heavy atom. The lowest BCUT2D eigenvalue weighted by Crippen LogP contribution is -2.58. The molecule has 0 aliphatic rings. The second-order valence-corrected chi connectivity index (χ2v) is 9.11. The number of rotatable bonds is 13. The second-order valence-electron chi connectivity index (χ2n) is 8.75. The Morgan fingerprint density at radius 3 is 2.05 bits per heavy atom. The maximum absolute atomic E-state index is 13.4. The van der Waals surface area contributed by atoms with E-state index in [1.54, 1.807) is 36.5 Å². The molecule has 0 spiro atoms. The van der Waals surface area contributed by atoms with E-state index in [1.165, 1.54) is 0 Å². The van der Waals surface area contributed by atoms with E-state index in [1.807, 2.05) is 24.3 Å². The molecule has 4 unspecified atom stereocenters. The van der Waals surface area contributed by atoms with Crippen LogP contribution >= 0.6 is 12.6 Å². The molecule has 1 heterocycles. The van der Waals surface area contributed by atoms with Gasteiger partial charge < -0.3 is 36.9 Å². The lowest BCUT2D eigenvalue weighted by molar-refractivity contribution is -0.141. The molecule has 3 amide bonds. The summed E-state index contributed by atoms with van der Waals surface area (Å²) in [5.74, 6) is -3.55. The maximum Gasteiger partial charge on any atom is 0.327 e. The molecular weight excluding hydrogens is 510 g/mol. The number of carbonyl (C=O) groups excluding carboxylic acids is 3. The Hall–Kier alpha value is -3.87. The third kappa shape index (κ3) is 7.57. The highest BCUT2D eigenvalue weighted by atomic mass is 32.1. The van der Waals surface area contributed by atoms with Gasteiger partial charge in [0, 0.05) is 35.7 Å². The van der Waals surface area contributed by atoms with Crippen molar-refractivity contribution in [1.29, 1.82) is 0 Å². The Kier molecular flexibility index (Phi) is 10.3. The molecule has 2 aromatic carbocycles. The highest BCUT2D eigenvalue weighted by molar-refractivity contribution is 7.80. The van der Waals surface area contributed by atoms with Crippen LogP contribution in [0.1, 0.15) is 11.1 Å². The van der Waals surface area contributed by atoms with Gasteiger partial charge in [0.2, 0.25) is 17.7 Å². The molecule has 3 rings (SSSR count). The zero-order valence-electron chi connectivity index (χ0n) is 20.5. The van der Waals surface area contributed by atoms with E-state index in [0.717, 1.165) is 22.0 Å². The first-order valence-electron chi connectivity index (χ1n) is 11.9. The molecule has 0 aliphatic carbocycles. The summed E-state index contributed by atoms with van der Waals surface area (Å²) in [6.07, 6.45) is 1.85. The van der Waals surface area contributed by atoms with E-state index in [2.05, 4.69) is 33.6 Å². The largest absolute Gasteiger partial charge is 0.480 e. The van der Waals surface area contributed by atoms with Crippen LogP contribution in [0.25, 0.3) is 10.9 Å². The number of hydrogen-bond donors (Lipinski definition) is 8. The van der Waals surface area contributed by atoms with E-state index in [0.29, 0.717) is 0 Å². The summed E-state index contributed by atoms with van der Waals surface area (Å²) >= 11 is 3.99. The van der Waals surface area contributed by atoms with Crippen molar-refractivity contribution in [1.82, 2.24) is 20.9 Å². The number of aliphatic hydroxyl groups is 1. The van der Waals surface area contributed by atoms with Gasteiger partial charge in [-0.3, -0.25) is 14.4 Å². The first-order valence-corrected chi connectivity index (χ1v) is 12.6. The van der Waals surface area contributed by atoms with Crippen LogP contribution in [0, 0.1) is 0 Å². The molecule has 1 aromatic heterocycles. The summed E-state index contributed by atoms with van der Waals surface area (Å²) in [6.45, 7) is -0.614. The van der Waals surface area contributed by atoms with Crippen molar-refractivity contribution in [2.24, 2.45) is 5.73 Å². The number of benzene rings is 2. The summed E-state index contributed by atoms with van der Waals surface area (Å²) in [7, 11) is 0. The van der Waals surface area contributed by atoms with Gasteiger partial charge >= 0.3 is 5.97 Å². The molecule has 8 N–H and O–H groups in total. The zero-order valence-corrected chi connectivity index (χ0v) is 21.4. The SMILES string of the molecule is NC(CO)C(=O)NC(Cc1ccccc1)C(=O)NC(Cc1c[nH]c2ccccc12)C(=O)NC(CS)C(=O)O. The van der Waals surface area contributed by atoms with Crippen molar-refractivity contribution in [2.75, 3.05) is 12.4 Å². The van der Waals surface area contributed by atoms with Crippen LogP contribution in [-0.4, -0.2) is 75.4 Å². The van der Waals surface area contributed by atoms with Crippen molar-refractivity contribution in [3.63, 3.8) is 0 Å². The number of carboxylic acid groups (broad SMARTS) is 1. The minimum Gasteiger partial charge on any atom is -0.480 e. The van der Waals surface area contributed by atoms with E-state index in [4.69, 9.17) is 5.73 Å². The number of nitrogens with two attached hydrogens (primary N) is 1. The van der Waals surface area contributed by atoms with Crippen molar-refractivity contribution >= 4 is 47.2 Å². The monoisotopic (exact) mass is 541 g/mol. The number of para-hydroxylation sites is 1. The third-order valence-electron chi connectivity index (χ3n) is 5.98. The number of aromatic nitrogens is 1. The van der Waals surface area contributed by atoms with Gasteiger partial charge in [-0.05, 0) is 17.2 Å². The van der Waals surface area contributed by atoms with Crippen LogP contribution in [0.2, 0.25) is 0 Å². The number of aromatic amines is 1. The predicted molar refractivity (Wildman–Crippen MR) is 144 cm³/mol. The van der Waals surface area contributed by atoms with E-state index < -0.39 is 54.5 Å². The minimum atomic E-state index is -1.27. The number of fused-ring (bicyclic) bond motifs is 1. The number of hydrogen-bond acceptors (Lipinski definition) is 7. The van der Waals surface area contributed by atoms with E-state index >= 15 is 0 Å². The standard InChI is InChI=1S/C26H31N5O6S/c27-18(13-32)23(33)29-20(10-15-6-2-1-3-7-15)24(34)30-21(25(35)31-22(14-38)26(36)37)11-16-12-28-19-9-5-4-8-17(16)19/h1-9,12,18,20-22,28,32,38H,10-11,13-14,27H2,(H,29,33)(H,30,34)(H,31,35)(H,36,37). The zero-order chi connectivity index (χ0) is 27.7. The quantitative estimate of drug-likeness (QED) is 0.137. The summed E-state index contributed by atoms with van der Waals surface area (Å²) in [5, 5.41) is 27.1. The van der Waals surface area contributed by atoms with Gasteiger partial charge in [-0.15, -0.1) is 0 Å². The Bertz CT molecular complexity index is 1270. The fraction of sp³-hybridized carbons (Fsp3) is 0.308. The molecule has 202 valence electrons. The number of aliphatic hydroxyl groups excluding tert-OH is 1. The fourth-order valence-electron chi connectivity index (χ4n) is 3.88. The predicted octanol–water partition coefficient (Wildman–Crippen LogP) is -0.258. The summed E-state index contributed by atoms with van der Waals surface area (Å²) in [6, 6.07) is 11.5. The molecule has 4 atom stereocenters. The van der Waals surface area contributed by atoms with Gasteiger partial charge in [0.15, 0.2) is 0 Å². The second kappa shape index (κ2) is 13.6. The molecule has 0 aliphatic heterocycles. The highest BCUT2D eigenvalue weighted by Crippen LogP contribution is 2.19. The van der Waals surface area contributed by atoms with Gasteiger partial charge in [0.25, 0.3) is 0 Å². The van der Waals surface area contributed by atoms with Crippen LogP contribution < -0.4 is 21.7 Å². The highest BCUT2D eigenvalue weighted by Gasteiger charge is 2.30. The number of thiol groups is 1. The normalized spacial score (nSPS) is 14.2. The van der Waals surface area contributed by atoms with Gasteiger partial charge in [-0.2, -0.15) is 12.6 Å². The van der Waals surface area contributed by atoms with Crippen LogP contribution in [0.5, 0.6) is 0 Å². The van der Waals surface area contributed by atoms with Crippen molar-refractivity contribution in [3.8, 4) is 0 Å². The Morgan fingerprint density at radius 2 is 1.42 bits per heavy atom. The Balaban J connectivity index is 1.88. The Labute approximate surface area is 224 Å². The molecule has 0 fully saturated rings. The molecule has 0 bridgehead atoms. The van der Waals surface area contributed by atoms with Crippen molar-refractivity contribution < 1.29 is 29.4 Å². The van der Waals surface area contributed by atoms with Crippen molar-refractivity contribution in [3.05, 3.63) is 71.9 Å². The molecule has 3 aromatic rings. The van der Waals surface area contributed by atoms with Gasteiger partial charge in [0.1, 0.15) is 24.2 Å². The van der Waals surface area contributed by atoms with Gasteiger partial charge in [0.05, 0.1) is 6.61 Å². The first-order chi connectivity index (χ1) is 18.2. The molecular formula is C26H31N5O6S. The maximum atomic E-state index is 13.4. The van der Waals surface area contributed by atoms with Crippen molar-refractivity contribution in [2.45, 2.75) is 37.0 Å². The van der Waals surface area contributed by atoms with Gasteiger partial charge in [-0.25, -0.2) is 4.79 Å². The molecule has 0 saturated heterocycles. The molecule has 38 heavy (non-hydrogen) atoms. The third-order valence-corrected chi connectivity index (χ3v) is 6.34. The average Bonchev–Trinajstić information content (AvgIpc) is 3.33. The molecule has 11 nitrogen and oxygen atoms in total. The number of aliphatic carboxylic acids is 1. The molecule has 0 radical (unpaired) electrons. The number of carboxylic acids is 1. The number of H-pyrrole nitrogens is 1. The number of nitrogens with one attached hydrogen (secondary N) is 4. The van der Waals surface area contributed by atoms with Crippen LogP contribution in [0.15, 0.2) is 60.8 Å². The summed E-state index contributed by atoms with van der Waals surface area (Å²) in [4.78, 5) is 53.7. The average molecular weight is 542 g/mol. The molecule has 12 heteroatoms. The van der Waals surface area contributed by atoms with Gasteiger partial charge in [-0.1, -0.05) is 48.5 Å². The van der Waals surface area contributed by atoms with E-state index in [-0.39, 0.29) is 18.6 Å². The van der Waals surface area contributed by atoms with Crippen LogP contribution in [-0.2, 0) is 32.0 Å². The van der Waals surface area contributed by atoms with E-state index in [9.17, 15) is 29.4 Å². The fourth-order valence-corrected chi connectivity index (χ4v) is 4.13. The minimum absolute atomic E-state index is 0.0443. The summed E-state index contributed by atoms with van der Waals surface area (Å²) < 4.78 is 0. The lowest BCUT2D eigenvalue weighted by Gasteiger charge is -2.25. The topological polar surface area (TPSA) is 187 Å².